The first kappa shape index (κ1) is 21.3. The lowest BCUT2D eigenvalue weighted by Crippen LogP contribution is -2.48. The summed E-state index contributed by atoms with van der Waals surface area (Å²) in [5.74, 6) is -0.716. The molecule has 2 aromatic rings. The van der Waals surface area contributed by atoms with Crippen molar-refractivity contribution in [3.63, 3.8) is 0 Å². The van der Waals surface area contributed by atoms with Crippen LogP contribution in [0.15, 0.2) is 30.3 Å². The molecule has 0 saturated heterocycles. The Morgan fingerprint density at radius 3 is 2.72 bits per heavy atom. The first-order valence-electron chi connectivity index (χ1n) is 9.48. The predicted molar refractivity (Wildman–Crippen MR) is 108 cm³/mol. The Balaban J connectivity index is 1.95. The first-order chi connectivity index (χ1) is 14.0. The lowest BCUT2D eigenvalue weighted by Gasteiger charge is -2.34. The number of ether oxygens (including phenoxy) is 1. The third-order valence-corrected chi connectivity index (χ3v) is 5.36. The molecule has 1 heterocycles. The van der Waals surface area contributed by atoms with Crippen molar-refractivity contribution in [2.45, 2.75) is 37.5 Å². The summed E-state index contributed by atoms with van der Waals surface area (Å²) in [5, 5.41) is 20.0. The molecule has 0 radical (unpaired) electrons. The highest BCUT2D eigenvalue weighted by Crippen LogP contribution is 2.27. The molecule has 1 atom stereocenters. The smallest absolute Gasteiger partial charge is 0.271 e. The van der Waals surface area contributed by atoms with Crippen LogP contribution in [0.3, 0.4) is 0 Å². The molecule has 3 rings (SSSR count). The fourth-order valence-electron chi connectivity index (χ4n) is 3.44. The van der Waals surface area contributed by atoms with Crippen LogP contribution in [0.4, 0.5) is 0 Å². The van der Waals surface area contributed by atoms with Crippen LogP contribution in [0.25, 0.3) is 0 Å². The molecule has 0 bridgehead atoms. The van der Waals surface area contributed by atoms with Gasteiger partial charge in [0.25, 0.3) is 11.8 Å². The number of aliphatic hydroxyl groups excluding tert-OH is 1. The maximum atomic E-state index is 13.0. The number of benzene rings is 1. The Morgan fingerprint density at radius 2 is 2.10 bits per heavy atom. The SMILES string of the molecule is CNC(=O)c1cc(C(=O)N[C@H]2C[C@H](OC)C2)n([C@@H](CCO)c2cccc(Cl)c2)n1. The van der Waals surface area contributed by atoms with Crippen LogP contribution in [0.5, 0.6) is 0 Å². The van der Waals surface area contributed by atoms with Gasteiger partial charge in [-0.2, -0.15) is 5.10 Å². The van der Waals surface area contributed by atoms with Crippen LogP contribution in [0.2, 0.25) is 5.02 Å². The number of aromatic nitrogens is 2. The van der Waals surface area contributed by atoms with Crippen LogP contribution in [0, 0.1) is 0 Å². The minimum atomic E-state index is -0.453. The standard InChI is InChI=1S/C20H25ClN4O4/c1-22-19(27)16-11-18(20(28)23-14-9-15(10-14)29-2)25(24-16)17(6-7-26)12-4-3-5-13(21)8-12/h3-5,8,11,14-15,17,26H,6-7,9-10H2,1-2H3,(H,22,27)(H,23,28)/t14-,15-,17-/m0/s1. The van der Waals surface area contributed by atoms with Crippen LogP contribution in [-0.2, 0) is 4.74 Å². The largest absolute Gasteiger partial charge is 0.396 e. The van der Waals surface area contributed by atoms with Gasteiger partial charge in [-0.25, -0.2) is 0 Å². The third kappa shape index (κ3) is 4.77. The van der Waals surface area contributed by atoms with E-state index in [4.69, 9.17) is 16.3 Å². The average molecular weight is 421 g/mol. The number of halogens is 1. The predicted octanol–water partition coefficient (Wildman–Crippen LogP) is 1.78. The van der Waals surface area contributed by atoms with Crippen molar-refractivity contribution in [2.75, 3.05) is 20.8 Å². The number of nitrogens with zero attached hydrogens (tertiary/aromatic N) is 2. The lowest BCUT2D eigenvalue weighted by molar-refractivity contribution is 0.0174. The van der Waals surface area contributed by atoms with Crippen molar-refractivity contribution >= 4 is 23.4 Å². The summed E-state index contributed by atoms with van der Waals surface area (Å²) in [6.07, 6.45) is 1.95. The monoisotopic (exact) mass is 420 g/mol. The summed E-state index contributed by atoms with van der Waals surface area (Å²) in [6, 6.07) is 8.19. The Labute approximate surface area is 174 Å². The van der Waals surface area contributed by atoms with Crippen molar-refractivity contribution in [3.8, 4) is 0 Å². The molecule has 3 N–H and O–H groups in total. The highest BCUT2D eigenvalue weighted by atomic mass is 35.5. The van der Waals surface area contributed by atoms with Gasteiger partial charge in [0.2, 0.25) is 0 Å². The summed E-state index contributed by atoms with van der Waals surface area (Å²) in [5.41, 5.74) is 1.17. The molecule has 0 spiro atoms. The summed E-state index contributed by atoms with van der Waals surface area (Å²) < 4.78 is 6.75. The number of methoxy groups -OCH3 is 1. The van der Waals surface area contributed by atoms with Crippen LogP contribution >= 0.6 is 11.6 Å². The number of carbonyl (C=O) groups excluding carboxylic acids is 2. The summed E-state index contributed by atoms with van der Waals surface area (Å²) >= 11 is 6.13. The maximum absolute atomic E-state index is 13.0. The molecular formula is C20H25ClN4O4. The number of hydrogen-bond acceptors (Lipinski definition) is 5. The molecule has 1 aliphatic carbocycles. The van der Waals surface area contributed by atoms with E-state index in [1.807, 2.05) is 6.07 Å². The Kier molecular flexibility index (Phi) is 6.89. The second-order valence-corrected chi connectivity index (χ2v) is 7.46. The van der Waals surface area contributed by atoms with E-state index in [1.54, 1.807) is 25.3 Å². The molecule has 29 heavy (non-hydrogen) atoms. The Hall–Kier alpha value is -2.42. The van der Waals surface area contributed by atoms with Crippen molar-refractivity contribution in [1.29, 1.82) is 0 Å². The molecule has 1 aliphatic rings. The minimum Gasteiger partial charge on any atom is -0.396 e. The number of carbonyl (C=O) groups is 2. The van der Waals surface area contributed by atoms with Gasteiger partial charge in [0.1, 0.15) is 5.69 Å². The molecule has 1 saturated carbocycles. The third-order valence-electron chi connectivity index (χ3n) is 5.12. The molecule has 8 nitrogen and oxygen atoms in total. The van der Waals surface area contributed by atoms with Crippen molar-refractivity contribution in [2.24, 2.45) is 0 Å². The minimum absolute atomic E-state index is 0.0155. The van der Waals surface area contributed by atoms with E-state index < -0.39 is 11.9 Å². The normalized spacial score (nSPS) is 19.3. The van der Waals surface area contributed by atoms with Crippen LogP contribution in [-0.4, -0.2) is 59.6 Å². The molecule has 156 valence electrons. The Morgan fingerprint density at radius 1 is 1.34 bits per heavy atom. The van der Waals surface area contributed by atoms with Crippen molar-refractivity contribution in [3.05, 3.63) is 52.3 Å². The lowest BCUT2D eigenvalue weighted by atomic mass is 9.89. The number of aliphatic hydroxyl groups is 1. The van der Waals surface area contributed by atoms with Crippen molar-refractivity contribution < 1.29 is 19.4 Å². The van der Waals surface area contributed by atoms with Gasteiger partial charge in [0, 0.05) is 37.9 Å². The highest BCUT2D eigenvalue weighted by molar-refractivity contribution is 6.30. The maximum Gasteiger partial charge on any atom is 0.271 e. The second kappa shape index (κ2) is 9.39. The summed E-state index contributed by atoms with van der Waals surface area (Å²) in [7, 11) is 3.15. The quantitative estimate of drug-likeness (QED) is 0.603. The van der Waals surface area contributed by atoms with Gasteiger partial charge >= 0.3 is 0 Å². The first-order valence-corrected chi connectivity index (χ1v) is 9.86. The Bertz CT molecular complexity index is 879. The number of nitrogens with one attached hydrogen (secondary N) is 2. The van der Waals surface area contributed by atoms with Gasteiger partial charge in [-0.3, -0.25) is 14.3 Å². The zero-order valence-corrected chi connectivity index (χ0v) is 17.1. The summed E-state index contributed by atoms with van der Waals surface area (Å²) in [6.45, 7) is -0.119. The molecule has 1 fully saturated rings. The number of rotatable bonds is 8. The summed E-state index contributed by atoms with van der Waals surface area (Å²) in [4.78, 5) is 25.1. The number of hydrogen-bond donors (Lipinski definition) is 3. The molecule has 0 aliphatic heterocycles. The van der Waals surface area contributed by atoms with E-state index in [-0.39, 0.29) is 36.0 Å². The van der Waals surface area contributed by atoms with Gasteiger partial charge in [0.05, 0.1) is 12.1 Å². The van der Waals surface area contributed by atoms with Gasteiger partial charge in [0.15, 0.2) is 5.69 Å². The van der Waals surface area contributed by atoms with E-state index in [1.165, 1.54) is 17.8 Å². The highest BCUT2D eigenvalue weighted by Gasteiger charge is 2.32. The number of amides is 2. The zero-order chi connectivity index (χ0) is 21.0. The van der Waals surface area contributed by atoms with E-state index >= 15 is 0 Å². The van der Waals surface area contributed by atoms with Crippen LogP contribution in [0.1, 0.15) is 51.8 Å². The van der Waals surface area contributed by atoms with Crippen molar-refractivity contribution in [1.82, 2.24) is 20.4 Å². The second-order valence-electron chi connectivity index (χ2n) is 7.02. The fourth-order valence-corrected chi connectivity index (χ4v) is 3.64. The molecule has 2 amide bonds. The van der Waals surface area contributed by atoms with Crippen LogP contribution < -0.4 is 10.6 Å². The van der Waals surface area contributed by atoms with E-state index in [0.29, 0.717) is 11.4 Å². The van der Waals surface area contributed by atoms with Gasteiger partial charge in [-0.05, 0) is 37.0 Å². The molecular weight excluding hydrogens is 396 g/mol. The van der Waals surface area contributed by atoms with E-state index in [2.05, 4.69) is 15.7 Å². The molecule has 9 heteroatoms. The van der Waals surface area contributed by atoms with Gasteiger partial charge in [-0.15, -0.1) is 0 Å². The molecule has 0 unspecified atom stereocenters. The van der Waals surface area contributed by atoms with Gasteiger partial charge in [-0.1, -0.05) is 23.7 Å². The molecule has 1 aromatic carbocycles. The van der Waals surface area contributed by atoms with E-state index in [0.717, 1.165) is 18.4 Å². The molecule has 1 aromatic heterocycles. The average Bonchev–Trinajstić information content (AvgIpc) is 3.12. The van der Waals surface area contributed by atoms with Gasteiger partial charge < -0.3 is 20.5 Å². The van der Waals surface area contributed by atoms with E-state index in [9.17, 15) is 14.7 Å². The fraction of sp³-hybridized carbons (Fsp3) is 0.450. The zero-order valence-electron chi connectivity index (χ0n) is 16.4. The topological polar surface area (TPSA) is 105 Å².